The summed E-state index contributed by atoms with van der Waals surface area (Å²) in [6.07, 6.45) is 16.3. The van der Waals surface area contributed by atoms with E-state index >= 15 is 0 Å². The molecule has 32 heavy (non-hydrogen) atoms. The Morgan fingerprint density at radius 3 is 0.594 bits per heavy atom. The Kier molecular flexibility index (Phi) is 13.2. The van der Waals surface area contributed by atoms with E-state index in [1.807, 2.05) is 0 Å². The Bertz CT molecular complexity index is 446. The van der Waals surface area contributed by atoms with Crippen LogP contribution >= 0.6 is 0 Å². The molecule has 0 radical (unpaired) electrons. The number of rotatable bonds is 0. The first-order chi connectivity index (χ1) is 15.0. The highest BCUT2D eigenvalue weighted by Gasteiger charge is 2.69. The van der Waals surface area contributed by atoms with Gasteiger partial charge in [0.2, 0.25) is 11.6 Å². The molecule has 192 valence electrons. The predicted molar refractivity (Wildman–Crippen MR) is 121 cm³/mol. The molecule has 8 N–H and O–H groups in total. The van der Waals surface area contributed by atoms with E-state index in [2.05, 4.69) is 0 Å². The fourth-order valence-electron chi connectivity index (χ4n) is 4.48. The van der Waals surface area contributed by atoms with Crippen LogP contribution in [0.1, 0.15) is 128 Å². The number of hydrogen-bond acceptors (Lipinski definition) is 8. The molecule has 0 saturated heterocycles. The lowest BCUT2D eigenvalue weighted by atomic mass is 9.84. The van der Waals surface area contributed by atoms with Gasteiger partial charge in [-0.3, -0.25) is 0 Å². The lowest BCUT2D eigenvalue weighted by Gasteiger charge is -2.47. The van der Waals surface area contributed by atoms with E-state index in [9.17, 15) is 40.9 Å². The van der Waals surface area contributed by atoms with Crippen molar-refractivity contribution in [3.05, 3.63) is 0 Å². The van der Waals surface area contributed by atoms with Crippen molar-refractivity contribution in [2.45, 2.75) is 152 Å². The summed E-state index contributed by atoms with van der Waals surface area (Å²) in [6, 6.07) is 0. The summed E-state index contributed by atoms with van der Waals surface area (Å²) in [7, 11) is 0. The van der Waals surface area contributed by atoms with Crippen LogP contribution in [0.4, 0.5) is 0 Å². The smallest absolute Gasteiger partial charge is 0.279 e. The van der Waals surface area contributed by atoms with Gasteiger partial charge in [0.25, 0.3) is 11.6 Å². The summed E-state index contributed by atoms with van der Waals surface area (Å²) < 4.78 is 0. The van der Waals surface area contributed by atoms with E-state index in [-0.39, 0.29) is 12.8 Å². The maximum atomic E-state index is 10.2. The lowest BCUT2D eigenvalue weighted by Crippen LogP contribution is -2.76. The molecular weight excluding hydrogens is 416 g/mol. The summed E-state index contributed by atoms with van der Waals surface area (Å²) in [5.41, 5.74) is 0. The number of aliphatic hydroxyl groups is 8. The second-order valence-electron chi connectivity index (χ2n) is 9.84. The van der Waals surface area contributed by atoms with Crippen molar-refractivity contribution in [3.8, 4) is 0 Å². The molecule has 0 heterocycles. The molecule has 0 atom stereocenters. The molecule has 1 saturated carbocycles. The van der Waals surface area contributed by atoms with Gasteiger partial charge in [-0.15, -0.1) is 0 Å². The Balaban J connectivity index is 2.68. The van der Waals surface area contributed by atoms with Gasteiger partial charge in [-0.2, -0.15) is 0 Å². The minimum absolute atomic E-state index is 0.204. The van der Waals surface area contributed by atoms with Crippen molar-refractivity contribution in [2.75, 3.05) is 0 Å². The first-order valence-corrected chi connectivity index (χ1v) is 12.7. The molecule has 0 spiro atoms. The molecule has 1 aliphatic carbocycles. The van der Waals surface area contributed by atoms with Crippen LogP contribution in [-0.2, 0) is 0 Å². The molecule has 0 aromatic carbocycles. The minimum atomic E-state index is -3.96. The van der Waals surface area contributed by atoms with Crippen molar-refractivity contribution in [1.29, 1.82) is 0 Å². The Morgan fingerprint density at radius 1 is 0.250 bits per heavy atom. The molecule has 1 aliphatic rings. The molecule has 0 amide bonds. The third-order valence-corrected chi connectivity index (χ3v) is 6.90. The molecule has 0 bridgehead atoms. The van der Waals surface area contributed by atoms with Crippen molar-refractivity contribution in [2.24, 2.45) is 0 Å². The van der Waals surface area contributed by atoms with Crippen molar-refractivity contribution in [3.63, 3.8) is 0 Å². The highest BCUT2D eigenvalue weighted by Crippen LogP contribution is 2.39. The Hall–Kier alpha value is -0.320. The van der Waals surface area contributed by atoms with Gasteiger partial charge in [-0.1, -0.05) is 103 Å². The molecule has 8 nitrogen and oxygen atoms in total. The maximum absolute atomic E-state index is 10.2. The molecule has 1 rings (SSSR count). The number of hydrogen-bond donors (Lipinski definition) is 8. The molecule has 0 unspecified atom stereocenters. The van der Waals surface area contributed by atoms with Crippen LogP contribution in [-0.4, -0.2) is 64.0 Å². The van der Waals surface area contributed by atoms with Crippen LogP contribution in [0.3, 0.4) is 0 Å². The molecule has 0 aliphatic heterocycles. The van der Waals surface area contributed by atoms with Crippen LogP contribution in [0, 0.1) is 0 Å². The SMILES string of the molecule is OC1(O)CCCCCCCCCCCCCCCCCCCCC(O)(O)C(O)(O)C1(O)O. The summed E-state index contributed by atoms with van der Waals surface area (Å²) in [5, 5.41) is 81.3. The van der Waals surface area contributed by atoms with Crippen LogP contribution in [0.15, 0.2) is 0 Å². The topological polar surface area (TPSA) is 162 Å². The zero-order valence-corrected chi connectivity index (χ0v) is 19.7. The Labute approximate surface area is 192 Å². The van der Waals surface area contributed by atoms with Gasteiger partial charge in [0.1, 0.15) is 0 Å². The van der Waals surface area contributed by atoms with E-state index in [0.29, 0.717) is 12.8 Å². The quantitative estimate of drug-likeness (QED) is 0.254. The van der Waals surface area contributed by atoms with Crippen LogP contribution in [0.2, 0.25) is 0 Å². The average molecular weight is 465 g/mol. The molecule has 0 aromatic heterocycles. The average Bonchev–Trinajstić information content (AvgIpc) is 2.71. The standard InChI is InChI=1S/C24H48O8/c25-21(26)19-17-15-13-11-9-7-5-3-1-2-4-6-8-10-12-14-16-18-20-22(27,28)24(31,32)23(21,29)30/h25-32H,1-20H2. The molecular formula is C24H48O8. The second kappa shape index (κ2) is 14.2. The van der Waals surface area contributed by atoms with Gasteiger partial charge in [-0.25, -0.2) is 0 Å². The summed E-state index contributed by atoms with van der Waals surface area (Å²) in [6.45, 7) is 0. The van der Waals surface area contributed by atoms with Gasteiger partial charge in [-0.05, 0) is 12.8 Å². The highest BCUT2D eigenvalue weighted by atomic mass is 16.7. The van der Waals surface area contributed by atoms with Gasteiger partial charge in [0.15, 0.2) is 0 Å². The van der Waals surface area contributed by atoms with Crippen molar-refractivity contribution < 1.29 is 40.9 Å². The van der Waals surface area contributed by atoms with Crippen molar-refractivity contribution in [1.82, 2.24) is 0 Å². The van der Waals surface area contributed by atoms with E-state index in [4.69, 9.17) is 0 Å². The first-order valence-electron chi connectivity index (χ1n) is 12.7. The van der Waals surface area contributed by atoms with Crippen LogP contribution < -0.4 is 0 Å². The van der Waals surface area contributed by atoms with Crippen molar-refractivity contribution >= 4 is 0 Å². The van der Waals surface area contributed by atoms with E-state index < -0.39 is 36.0 Å². The van der Waals surface area contributed by atoms with E-state index in [1.54, 1.807) is 0 Å². The lowest BCUT2D eigenvalue weighted by molar-refractivity contribution is -0.507. The fraction of sp³-hybridized carbons (Fsp3) is 1.00. The Morgan fingerprint density at radius 2 is 0.406 bits per heavy atom. The van der Waals surface area contributed by atoms with Gasteiger partial charge >= 0.3 is 0 Å². The molecule has 0 aromatic rings. The van der Waals surface area contributed by atoms with Gasteiger partial charge < -0.3 is 40.9 Å². The normalized spacial score (nSPS) is 27.8. The van der Waals surface area contributed by atoms with Gasteiger partial charge in [0.05, 0.1) is 0 Å². The minimum Gasteiger partial charge on any atom is -0.361 e. The highest BCUT2D eigenvalue weighted by molar-refractivity contribution is 5.00. The van der Waals surface area contributed by atoms with Gasteiger partial charge in [0, 0.05) is 12.8 Å². The second-order valence-corrected chi connectivity index (χ2v) is 9.84. The van der Waals surface area contributed by atoms with E-state index in [1.165, 1.54) is 51.4 Å². The van der Waals surface area contributed by atoms with E-state index in [0.717, 1.165) is 38.5 Å². The third-order valence-electron chi connectivity index (χ3n) is 6.90. The summed E-state index contributed by atoms with van der Waals surface area (Å²) in [5.74, 6) is -14.6. The summed E-state index contributed by atoms with van der Waals surface area (Å²) in [4.78, 5) is 0. The monoisotopic (exact) mass is 464 g/mol. The first kappa shape index (κ1) is 29.7. The molecule has 1 fully saturated rings. The molecule has 8 heteroatoms. The largest absolute Gasteiger partial charge is 0.361 e. The maximum Gasteiger partial charge on any atom is 0.279 e. The van der Waals surface area contributed by atoms with Crippen LogP contribution in [0.25, 0.3) is 0 Å². The fourth-order valence-corrected chi connectivity index (χ4v) is 4.48. The zero-order chi connectivity index (χ0) is 24.1. The summed E-state index contributed by atoms with van der Waals surface area (Å²) >= 11 is 0. The predicted octanol–water partition coefficient (Wildman–Crippen LogP) is 2.53. The zero-order valence-electron chi connectivity index (χ0n) is 19.7. The third kappa shape index (κ3) is 9.14. The van der Waals surface area contributed by atoms with Crippen LogP contribution in [0.5, 0.6) is 0 Å².